The van der Waals surface area contributed by atoms with Crippen molar-refractivity contribution in [2.75, 3.05) is 13.2 Å². The monoisotopic (exact) mass is 182 g/mol. The smallest absolute Gasteiger partial charge is 0.146 e. The molecular formula is C9H14O2Si. The second kappa shape index (κ2) is 5.94. The molecule has 0 unspecified atom stereocenters. The molecule has 3 heteroatoms. The summed E-state index contributed by atoms with van der Waals surface area (Å²) in [6, 6.07) is 10.2. The van der Waals surface area contributed by atoms with Crippen LogP contribution in [0.2, 0.25) is 0 Å². The van der Waals surface area contributed by atoms with Crippen LogP contribution in [0.5, 0.6) is 0 Å². The number of ether oxygens (including phenoxy) is 1. The highest BCUT2D eigenvalue weighted by molar-refractivity contribution is 5.97. The maximum atomic E-state index is 5.36. The van der Waals surface area contributed by atoms with Gasteiger partial charge in [-0.05, 0) is 5.56 Å². The van der Waals surface area contributed by atoms with Gasteiger partial charge in [0.1, 0.15) is 10.5 Å². The molecule has 12 heavy (non-hydrogen) atoms. The summed E-state index contributed by atoms with van der Waals surface area (Å²) in [7, 11) is 0.796. The SMILES string of the molecule is [SiH3]OCCOCc1ccccc1. The Morgan fingerprint density at radius 2 is 1.83 bits per heavy atom. The van der Waals surface area contributed by atoms with Crippen molar-refractivity contribution in [1.29, 1.82) is 0 Å². The molecule has 1 aromatic rings. The van der Waals surface area contributed by atoms with E-state index >= 15 is 0 Å². The number of rotatable bonds is 5. The Balaban J connectivity index is 2.16. The van der Waals surface area contributed by atoms with E-state index in [1.165, 1.54) is 5.56 Å². The van der Waals surface area contributed by atoms with E-state index in [-0.39, 0.29) is 0 Å². The first kappa shape index (κ1) is 9.44. The first-order valence-corrected chi connectivity index (χ1v) is 4.86. The van der Waals surface area contributed by atoms with Crippen LogP contribution in [0, 0.1) is 0 Å². The van der Waals surface area contributed by atoms with Crippen molar-refractivity contribution in [2.45, 2.75) is 6.61 Å². The molecule has 0 saturated heterocycles. The van der Waals surface area contributed by atoms with Crippen LogP contribution in [0.1, 0.15) is 5.56 Å². The van der Waals surface area contributed by atoms with Crippen LogP contribution < -0.4 is 0 Å². The van der Waals surface area contributed by atoms with Crippen molar-refractivity contribution < 1.29 is 9.16 Å². The van der Waals surface area contributed by atoms with Gasteiger partial charge in [0.15, 0.2) is 0 Å². The fraction of sp³-hybridized carbons (Fsp3) is 0.333. The lowest BCUT2D eigenvalue weighted by atomic mass is 10.2. The first-order chi connectivity index (χ1) is 5.93. The Morgan fingerprint density at radius 3 is 2.50 bits per heavy atom. The summed E-state index contributed by atoms with van der Waals surface area (Å²) in [5, 5.41) is 0. The Bertz CT molecular complexity index is 201. The second-order valence-electron chi connectivity index (χ2n) is 2.53. The molecule has 0 aliphatic carbocycles. The molecule has 0 aliphatic heterocycles. The number of hydrogen-bond donors (Lipinski definition) is 0. The van der Waals surface area contributed by atoms with Gasteiger partial charge in [0.05, 0.1) is 19.8 Å². The third-order valence-electron chi connectivity index (χ3n) is 1.54. The molecule has 66 valence electrons. The quantitative estimate of drug-likeness (QED) is 0.488. The van der Waals surface area contributed by atoms with Crippen LogP contribution in [0.3, 0.4) is 0 Å². The molecule has 2 nitrogen and oxygen atoms in total. The topological polar surface area (TPSA) is 18.5 Å². The highest BCUT2D eigenvalue weighted by atomic mass is 28.2. The van der Waals surface area contributed by atoms with E-state index in [2.05, 4.69) is 12.1 Å². The Labute approximate surface area is 76.0 Å². The normalized spacial score (nSPS) is 10.3. The van der Waals surface area contributed by atoms with Gasteiger partial charge in [-0.15, -0.1) is 0 Å². The maximum absolute atomic E-state index is 5.36. The minimum absolute atomic E-state index is 0.686. The van der Waals surface area contributed by atoms with E-state index in [0.717, 1.165) is 17.1 Å². The van der Waals surface area contributed by atoms with E-state index in [0.29, 0.717) is 13.2 Å². The molecule has 0 radical (unpaired) electrons. The summed E-state index contributed by atoms with van der Waals surface area (Å²) in [6.45, 7) is 2.10. The fourth-order valence-corrected chi connectivity index (χ4v) is 1.07. The van der Waals surface area contributed by atoms with Crippen molar-refractivity contribution >= 4 is 10.5 Å². The van der Waals surface area contributed by atoms with Crippen molar-refractivity contribution in [1.82, 2.24) is 0 Å². The minimum Gasteiger partial charge on any atom is -0.426 e. The van der Waals surface area contributed by atoms with Gasteiger partial charge in [0, 0.05) is 0 Å². The summed E-state index contributed by atoms with van der Waals surface area (Å²) < 4.78 is 10.4. The molecule has 0 spiro atoms. The third kappa shape index (κ3) is 3.66. The minimum atomic E-state index is 0.686. The number of hydrogen-bond acceptors (Lipinski definition) is 2. The lowest BCUT2D eigenvalue weighted by molar-refractivity contribution is 0.0918. The van der Waals surface area contributed by atoms with Crippen molar-refractivity contribution in [3.63, 3.8) is 0 Å². The zero-order chi connectivity index (χ0) is 8.65. The van der Waals surface area contributed by atoms with E-state index in [4.69, 9.17) is 9.16 Å². The highest BCUT2D eigenvalue weighted by Gasteiger charge is 1.89. The maximum Gasteiger partial charge on any atom is 0.146 e. The van der Waals surface area contributed by atoms with E-state index in [9.17, 15) is 0 Å². The van der Waals surface area contributed by atoms with Gasteiger partial charge >= 0.3 is 0 Å². The first-order valence-electron chi connectivity index (χ1n) is 4.04. The largest absolute Gasteiger partial charge is 0.426 e. The summed E-state index contributed by atoms with van der Waals surface area (Å²) in [5.74, 6) is 0. The van der Waals surface area contributed by atoms with E-state index < -0.39 is 0 Å². The molecule has 1 aromatic carbocycles. The number of benzene rings is 1. The molecule has 0 heterocycles. The lowest BCUT2D eigenvalue weighted by Crippen LogP contribution is -2.02. The summed E-state index contributed by atoms with van der Waals surface area (Å²) >= 11 is 0. The molecule has 0 aliphatic rings. The molecular weight excluding hydrogens is 168 g/mol. The molecule has 0 fully saturated rings. The molecule has 0 bridgehead atoms. The summed E-state index contributed by atoms with van der Waals surface area (Å²) in [6.07, 6.45) is 0. The van der Waals surface area contributed by atoms with Crippen molar-refractivity contribution in [2.24, 2.45) is 0 Å². The lowest BCUT2D eigenvalue weighted by Gasteiger charge is -2.02. The van der Waals surface area contributed by atoms with Gasteiger partial charge in [-0.2, -0.15) is 0 Å². The van der Waals surface area contributed by atoms with Gasteiger partial charge in [-0.25, -0.2) is 0 Å². The summed E-state index contributed by atoms with van der Waals surface area (Å²) in [5.41, 5.74) is 1.21. The molecule has 0 N–H and O–H groups in total. The Hall–Kier alpha value is -0.643. The van der Waals surface area contributed by atoms with E-state index in [1.807, 2.05) is 18.2 Å². The average Bonchev–Trinajstić information content (AvgIpc) is 2.14. The van der Waals surface area contributed by atoms with Crippen LogP contribution in [-0.4, -0.2) is 23.7 Å². The zero-order valence-corrected chi connectivity index (χ0v) is 9.32. The fourth-order valence-electron chi connectivity index (χ4n) is 0.907. The van der Waals surface area contributed by atoms with Crippen LogP contribution in [-0.2, 0) is 15.8 Å². The van der Waals surface area contributed by atoms with E-state index in [1.54, 1.807) is 0 Å². The Morgan fingerprint density at radius 1 is 1.08 bits per heavy atom. The molecule has 1 rings (SSSR count). The summed E-state index contributed by atoms with van der Waals surface area (Å²) in [4.78, 5) is 0. The average molecular weight is 182 g/mol. The molecule has 0 atom stereocenters. The van der Waals surface area contributed by atoms with Crippen LogP contribution in [0.4, 0.5) is 0 Å². The zero-order valence-electron chi connectivity index (χ0n) is 7.32. The molecule has 0 aromatic heterocycles. The van der Waals surface area contributed by atoms with Crippen LogP contribution in [0.25, 0.3) is 0 Å². The second-order valence-corrected chi connectivity index (χ2v) is 3.11. The van der Waals surface area contributed by atoms with Crippen molar-refractivity contribution in [3.8, 4) is 0 Å². The predicted molar refractivity (Wildman–Crippen MR) is 52.0 cm³/mol. The van der Waals surface area contributed by atoms with Crippen LogP contribution >= 0.6 is 0 Å². The van der Waals surface area contributed by atoms with Gasteiger partial charge in [0.2, 0.25) is 0 Å². The van der Waals surface area contributed by atoms with Gasteiger partial charge in [-0.3, -0.25) is 0 Å². The Kier molecular flexibility index (Phi) is 4.67. The predicted octanol–water partition coefficient (Wildman–Crippen LogP) is 0.500. The van der Waals surface area contributed by atoms with Crippen LogP contribution in [0.15, 0.2) is 30.3 Å². The van der Waals surface area contributed by atoms with Gasteiger partial charge in [-0.1, -0.05) is 30.3 Å². The molecule has 0 amide bonds. The van der Waals surface area contributed by atoms with Crippen molar-refractivity contribution in [3.05, 3.63) is 35.9 Å². The standard InChI is InChI=1S/C9H14O2Si/c12-11-7-6-10-8-9-4-2-1-3-5-9/h1-5H,6-8H2,12H3. The van der Waals surface area contributed by atoms with Gasteiger partial charge in [0.25, 0.3) is 0 Å². The third-order valence-corrected chi connectivity index (χ3v) is 1.95. The molecule has 0 saturated carbocycles. The van der Waals surface area contributed by atoms with Gasteiger partial charge < -0.3 is 9.16 Å². The highest BCUT2D eigenvalue weighted by Crippen LogP contribution is 1.99.